The van der Waals surface area contributed by atoms with Gasteiger partial charge >= 0.3 is 18.5 Å². The summed E-state index contributed by atoms with van der Waals surface area (Å²) in [6.45, 7) is 7.94. The van der Waals surface area contributed by atoms with Crippen molar-refractivity contribution in [2.45, 2.75) is 51.5 Å². The summed E-state index contributed by atoms with van der Waals surface area (Å²) in [4.78, 5) is 32.8. The van der Waals surface area contributed by atoms with Crippen LogP contribution in [0, 0.1) is 5.41 Å². The number of likely N-dealkylation sites (tertiary alicyclic amines) is 1. The Morgan fingerprint density at radius 3 is 2.28 bits per heavy atom. The number of primary amides is 1. The first-order chi connectivity index (χ1) is 18.3. The summed E-state index contributed by atoms with van der Waals surface area (Å²) < 4.78 is 58.0. The molecule has 0 bridgehead atoms. The maximum absolute atomic E-state index is 13.4. The number of urea groups is 1. The van der Waals surface area contributed by atoms with Crippen molar-refractivity contribution in [1.29, 1.82) is 0 Å². The van der Waals surface area contributed by atoms with Gasteiger partial charge in [0.05, 0.1) is 19.1 Å². The van der Waals surface area contributed by atoms with E-state index < -0.39 is 24.0 Å². The summed E-state index contributed by atoms with van der Waals surface area (Å²) in [5.41, 5.74) is 5.41. The highest BCUT2D eigenvalue weighted by Gasteiger charge is 2.39. The first-order valence-corrected chi connectivity index (χ1v) is 12.6. The van der Waals surface area contributed by atoms with Gasteiger partial charge in [-0.3, -0.25) is 0 Å². The lowest BCUT2D eigenvalue weighted by Gasteiger charge is -2.40. The molecule has 214 valence electrons. The zero-order valence-electron chi connectivity index (χ0n) is 21.9. The number of hydrogen-bond acceptors (Lipinski definition) is 8. The summed E-state index contributed by atoms with van der Waals surface area (Å²) in [5, 5.41) is 4.04. The maximum atomic E-state index is 13.4. The number of aromatic nitrogens is 2. The molecule has 14 heteroatoms. The van der Waals surface area contributed by atoms with Gasteiger partial charge in [0.2, 0.25) is 11.7 Å². The molecule has 3 heterocycles. The quantitative estimate of drug-likeness (QED) is 0.581. The van der Waals surface area contributed by atoms with Crippen molar-refractivity contribution in [3.63, 3.8) is 0 Å². The van der Waals surface area contributed by atoms with Gasteiger partial charge in [0, 0.05) is 37.5 Å². The van der Waals surface area contributed by atoms with Crippen molar-refractivity contribution < 1.29 is 41.5 Å². The molecule has 2 aromatic rings. The Labute approximate surface area is 223 Å². The third kappa shape index (κ3) is 7.31. The van der Waals surface area contributed by atoms with Crippen molar-refractivity contribution >= 4 is 12.1 Å². The third-order valence-corrected chi connectivity index (χ3v) is 6.65. The highest BCUT2D eigenvalue weighted by molar-refractivity contribution is 5.75. The largest absolute Gasteiger partial charge is 0.573 e. The average molecular weight is 556 g/mol. The predicted molar refractivity (Wildman–Crippen MR) is 130 cm³/mol. The molecule has 2 aliphatic heterocycles. The number of morpholine rings is 1. The first-order valence-electron chi connectivity index (χ1n) is 12.6. The second-order valence-corrected chi connectivity index (χ2v) is 10.7. The number of halogens is 3. The van der Waals surface area contributed by atoms with Crippen LogP contribution in [0.5, 0.6) is 5.75 Å². The highest BCUT2D eigenvalue weighted by atomic mass is 19.4. The van der Waals surface area contributed by atoms with Crippen LogP contribution in [0.1, 0.15) is 62.4 Å². The van der Waals surface area contributed by atoms with E-state index in [1.807, 2.05) is 20.8 Å². The number of amides is 3. The fourth-order valence-corrected chi connectivity index (χ4v) is 4.82. The van der Waals surface area contributed by atoms with E-state index in [-0.39, 0.29) is 35.3 Å². The number of alkyl halides is 3. The molecule has 3 amide bonds. The maximum Gasteiger partial charge on any atom is 0.573 e. The summed E-state index contributed by atoms with van der Waals surface area (Å²) in [5.74, 6) is -0.532. The second kappa shape index (κ2) is 11.3. The molecule has 1 aromatic carbocycles. The van der Waals surface area contributed by atoms with Crippen LogP contribution in [0.2, 0.25) is 0 Å². The van der Waals surface area contributed by atoms with E-state index in [1.54, 1.807) is 21.9 Å². The summed E-state index contributed by atoms with van der Waals surface area (Å²) >= 11 is 0. The second-order valence-electron chi connectivity index (χ2n) is 10.7. The molecule has 39 heavy (non-hydrogen) atoms. The minimum Gasteiger partial charge on any atom is -0.437 e. The molecule has 2 aliphatic rings. The number of ether oxygens (including phenoxy) is 3. The smallest absolute Gasteiger partial charge is 0.437 e. The van der Waals surface area contributed by atoms with Gasteiger partial charge in [0.25, 0.3) is 0 Å². The minimum absolute atomic E-state index is 0.151. The van der Waals surface area contributed by atoms with Gasteiger partial charge in [-0.1, -0.05) is 38.1 Å². The number of rotatable bonds is 5. The van der Waals surface area contributed by atoms with Crippen molar-refractivity contribution in [2.75, 3.05) is 39.4 Å². The van der Waals surface area contributed by atoms with Crippen LogP contribution in [0.25, 0.3) is 0 Å². The zero-order chi connectivity index (χ0) is 28.4. The van der Waals surface area contributed by atoms with Crippen LogP contribution in [-0.4, -0.2) is 77.8 Å². The lowest BCUT2D eigenvalue weighted by atomic mass is 9.84. The molecular formula is C25H32F3N5O6. The minimum atomic E-state index is -4.79. The van der Waals surface area contributed by atoms with E-state index in [4.69, 9.17) is 19.7 Å². The number of nitrogens with zero attached hydrogens (tertiary/aromatic N) is 4. The standard InChI is InChI=1S/C25H32F3N5O6/c1-24(2,3)19(37-22(29)34)20-30-21(39-31-20)17-12-16(15-4-6-18(7-5-15)38-25(26,27)28)13-33(14-17)23(35)32-8-10-36-11-9-32/h4-7,16-17,19H,8-14H2,1-3H3,(H2,29,34). The Hall–Kier alpha value is -3.55. The van der Waals surface area contributed by atoms with Crippen LogP contribution in [0.3, 0.4) is 0 Å². The van der Waals surface area contributed by atoms with Crippen molar-refractivity contribution in [2.24, 2.45) is 11.1 Å². The lowest BCUT2D eigenvalue weighted by Crippen LogP contribution is -2.52. The molecule has 0 saturated carbocycles. The van der Waals surface area contributed by atoms with Crippen molar-refractivity contribution in [3.05, 3.63) is 41.5 Å². The van der Waals surface area contributed by atoms with E-state index in [2.05, 4.69) is 14.9 Å². The monoisotopic (exact) mass is 555 g/mol. The van der Waals surface area contributed by atoms with Gasteiger partial charge < -0.3 is 34.3 Å². The van der Waals surface area contributed by atoms with Gasteiger partial charge in [-0.2, -0.15) is 4.98 Å². The van der Waals surface area contributed by atoms with Crippen molar-refractivity contribution in [1.82, 2.24) is 19.9 Å². The van der Waals surface area contributed by atoms with Gasteiger partial charge in [-0.05, 0) is 24.1 Å². The molecule has 1 aromatic heterocycles. The third-order valence-electron chi connectivity index (χ3n) is 6.65. The predicted octanol–water partition coefficient (Wildman–Crippen LogP) is 4.18. The number of hydrogen-bond donors (Lipinski definition) is 1. The molecule has 0 aliphatic carbocycles. The number of carbonyl (C=O) groups excluding carboxylic acids is 2. The van der Waals surface area contributed by atoms with E-state index in [1.165, 1.54) is 12.1 Å². The van der Waals surface area contributed by atoms with E-state index >= 15 is 0 Å². The molecule has 0 radical (unpaired) electrons. The van der Waals surface area contributed by atoms with Crippen LogP contribution in [0.4, 0.5) is 22.8 Å². The SMILES string of the molecule is CC(C)(C)C(OC(N)=O)c1noc(C2CC(c3ccc(OC(F)(F)F)cc3)CN(C(=O)N3CCOCC3)C2)n1. The van der Waals surface area contributed by atoms with Gasteiger partial charge in [-0.15, -0.1) is 13.2 Å². The van der Waals surface area contributed by atoms with Crippen LogP contribution >= 0.6 is 0 Å². The summed E-state index contributed by atoms with van der Waals surface area (Å²) in [6, 6.07) is 5.44. The first kappa shape index (κ1) is 28.5. The van der Waals surface area contributed by atoms with Gasteiger partial charge in [-0.25, -0.2) is 9.59 Å². The highest BCUT2D eigenvalue weighted by Crippen LogP contribution is 2.39. The molecule has 2 fully saturated rings. The number of carbonyl (C=O) groups is 2. The fourth-order valence-electron chi connectivity index (χ4n) is 4.82. The molecule has 3 atom stereocenters. The molecule has 3 unspecified atom stereocenters. The van der Waals surface area contributed by atoms with E-state index in [0.717, 1.165) is 5.56 Å². The number of nitrogens with two attached hydrogens (primary N) is 1. The van der Waals surface area contributed by atoms with Crippen LogP contribution in [-0.2, 0) is 9.47 Å². The van der Waals surface area contributed by atoms with E-state index in [9.17, 15) is 22.8 Å². The molecule has 11 nitrogen and oxygen atoms in total. The normalized spacial score (nSPS) is 21.4. The Balaban J connectivity index is 1.60. The number of benzene rings is 1. The topological polar surface area (TPSA) is 133 Å². The van der Waals surface area contributed by atoms with Crippen LogP contribution < -0.4 is 10.5 Å². The van der Waals surface area contributed by atoms with Gasteiger partial charge in [0.1, 0.15) is 5.75 Å². The van der Waals surface area contributed by atoms with Crippen molar-refractivity contribution in [3.8, 4) is 5.75 Å². The number of piperidine rings is 1. The molecular weight excluding hydrogens is 523 g/mol. The average Bonchev–Trinajstić information content (AvgIpc) is 3.36. The Morgan fingerprint density at radius 2 is 1.69 bits per heavy atom. The Bertz CT molecular complexity index is 1140. The molecule has 0 spiro atoms. The Kier molecular flexibility index (Phi) is 8.23. The fraction of sp³-hybridized carbons (Fsp3) is 0.600. The molecule has 4 rings (SSSR count). The summed E-state index contributed by atoms with van der Waals surface area (Å²) in [7, 11) is 0. The lowest BCUT2D eigenvalue weighted by molar-refractivity contribution is -0.274. The van der Waals surface area contributed by atoms with Crippen LogP contribution in [0.15, 0.2) is 28.8 Å². The summed E-state index contributed by atoms with van der Waals surface area (Å²) in [6.07, 6.45) is -6.14. The Morgan fingerprint density at radius 1 is 1.05 bits per heavy atom. The zero-order valence-corrected chi connectivity index (χ0v) is 21.9. The molecule has 2 saturated heterocycles. The van der Waals surface area contributed by atoms with E-state index in [0.29, 0.717) is 45.8 Å². The van der Waals surface area contributed by atoms with Gasteiger partial charge in [0.15, 0.2) is 6.10 Å². The molecule has 2 N–H and O–H groups in total.